The summed E-state index contributed by atoms with van der Waals surface area (Å²) in [6.07, 6.45) is 7.11. The lowest BCUT2D eigenvalue weighted by Gasteiger charge is -2.44. The van der Waals surface area contributed by atoms with Gasteiger partial charge in [-0.3, -0.25) is 4.79 Å². The first-order chi connectivity index (χ1) is 12.7. The highest BCUT2D eigenvalue weighted by atomic mass is 35.5. The number of carbonyl (C=O) groups is 1. The molecule has 1 aromatic rings. The van der Waals surface area contributed by atoms with Crippen LogP contribution in [0.25, 0.3) is 0 Å². The standard InChI is InChI=1S/C22H32Cl2N2O/c1-21(2,3)9-12-26-13-10-22(11-14-26)8-4-5-19(22)25-20(27)16-6-7-17(23)18(24)15-16/h6-7,15,19H,4-5,8-14H2,1-3H3,(H,25,27). The van der Waals surface area contributed by atoms with E-state index in [0.717, 1.165) is 19.5 Å². The van der Waals surface area contributed by atoms with Gasteiger partial charge >= 0.3 is 0 Å². The molecular formula is C22H32Cl2N2O. The molecule has 1 N–H and O–H groups in total. The number of rotatable bonds is 4. The number of hydrogen-bond donors (Lipinski definition) is 1. The minimum absolute atomic E-state index is 0.0324. The Morgan fingerprint density at radius 1 is 1.19 bits per heavy atom. The molecule has 2 aliphatic rings. The molecule has 0 radical (unpaired) electrons. The molecule has 1 aromatic carbocycles. The van der Waals surface area contributed by atoms with E-state index in [0.29, 0.717) is 21.0 Å². The third kappa shape index (κ3) is 5.19. The zero-order valence-electron chi connectivity index (χ0n) is 16.8. The Morgan fingerprint density at radius 2 is 1.89 bits per heavy atom. The minimum atomic E-state index is -0.0324. The van der Waals surface area contributed by atoms with Crippen LogP contribution in [-0.4, -0.2) is 36.5 Å². The number of nitrogens with one attached hydrogen (secondary N) is 1. The van der Waals surface area contributed by atoms with E-state index in [9.17, 15) is 4.79 Å². The summed E-state index contributed by atoms with van der Waals surface area (Å²) >= 11 is 12.0. The second-order valence-corrected chi connectivity index (χ2v) is 10.4. The van der Waals surface area contributed by atoms with Crippen molar-refractivity contribution in [1.82, 2.24) is 10.2 Å². The van der Waals surface area contributed by atoms with Crippen LogP contribution in [-0.2, 0) is 0 Å². The van der Waals surface area contributed by atoms with E-state index < -0.39 is 0 Å². The molecule has 3 rings (SSSR count). The second kappa shape index (κ2) is 8.31. The first-order valence-corrected chi connectivity index (χ1v) is 10.9. The Hall–Kier alpha value is -0.770. The summed E-state index contributed by atoms with van der Waals surface area (Å²) in [6.45, 7) is 10.4. The smallest absolute Gasteiger partial charge is 0.251 e. The monoisotopic (exact) mass is 410 g/mol. The summed E-state index contributed by atoms with van der Waals surface area (Å²) in [5, 5.41) is 4.22. The first-order valence-electron chi connectivity index (χ1n) is 10.2. The van der Waals surface area contributed by atoms with Crippen molar-refractivity contribution in [3.63, 3.8) is 0 Å². The van der Waals surface area contributed by atoms with Crippen LogP contribution >= 0.6 is 23.2 Å². The average Bonchev–Trinajstić information content (AvgIpc) is 2.98. The van der Waals surface area contributed by atoms with Gasteiger partial charge in [0.25, 0.3) is 5.91 Å². The van der Waals surface area contributed by atoms with Crippen molar-refractivity contribution >= 4 is 29.1 Å². The van der Waals surface area contributed by atoms with Crippen LogP contribution < -0.4 is 5.32 Å². The molecule has 5 heteroatoms. The fourth-order valence-corrected chi connectivity index (χ4v) is 4.85. The highest BCUT2D eigenvalue weighted by Gasteiger charge is 2.45. The molecule has 0 bridgehead atoms. The Morgan fingerprint density at radius 3 is 2.52 bits per heavy atom. The van der Waals surface area contributed by atoms with Crippen molar-refractivity contribution in [3.05, 3.63) is 33.8 Å². The lowest BCUT2D eigenvalue weighted by atomic mass is 9.73. The van der Waals surface area contributed by atoms with E-state index >= 15 is 0 Å². The highest BCUT2D eigenvalue weighted by Crippen LogP contribution is 2.46. The van der Waals surface area contributed by atoms with E-state index in [-0.39, 0.29) is 17.4 Å². The summed E-state index contributed by atoms with van der Waals surface area (Å²) in [5.74, 6) is -0.0324. The zero-order chi connectivity index (χ0) is 19.7. The van der Waals surface area contributed by atoms with Crippen LogP contribution in [0.1, 0.15) is 69.7 Å². The van der Waals surface area contributed by atoms with E-state index in [1.807, 2.05) is 0 Å². The van der Waals surface area contributed by atoms with Gasteiger partial charge in [-0.2, -0.15) is 0 Å². The normalized spacial score (nSPS) is 22.9. The van der Waals surface area contributed by atoms with Crippen molar-refractivity contribution < 1.29 is 4.79 Å². The largest absolute Gasteiger partial charge is 0.349 e. The maximum absolute atomic E-state index is 12.7. The van der Waals surface area contributed by atoms with Gasteiger partial charge in [0.2, 0.25) is 0 Å². The van der Waals surface area contributed by atoms with E-state index in [1.165, 1.54) is 38.6 Å². The van der Waals surface area contributed by atoms with Crippen molar-refractivity contribution in [2.75, 3.05) is 19.6 Å². The highest BCUT2D eigenvalue weighted by molar-refractivity contribution is 6.42. The molecule has 150 valence electrons. The molecule has 1 atom stereocenters. The predicted molar refractivity (Wildman–Crippen MR) is 114 cm³/mol. The van der Waals surface area contributed by atoms with Crippen molar-refractivity contribution in [1.29, 1.82) is 0 Å². The van der Waals surface area contributed by atoms with E-state index in [2.05, 4.69) is 31.0 Å². The van der Waals surface area contributed by atoms with Crippen molar-refractivity contribution in [2.45, 2.75) is 65.3 Å². The molecule has 3 nitrogen and oxygen atoms in total. The summed E-state index contributed by atoms with van der Waals surface area (Å²) in [5.41, 5.74) is 1.25. The molecule has 2 fully saturated rings. The van der Waals surface area contributed by atoms with Crippen LogP contribution in [0.5, 0.6) is 0 Å². The van der Waals surface area contributed by atoms with Gasteiger partial charge in [0.1, 0.15) is 0 Å². The summed E-state index contributed by atoms with van der Waals surface area (Å²) in [7, 11) is 0. The molecule has 1 saturated carbocycles. The van der Waals surface area contributed by atoms with Gasteiger partial charge in [-0.05, 0) is 80.8 Å². The molecule has 1 unspecified atom stereocenters. The second-order valence-electron chi connectivity index (χ2n) is 9.56. The molecule has 1 spiro atoms. The third-order valence-corrected chi connectivity index (χ3v) is 7.16. The van der Waals surface area contributed by atoms with Gasteiger partial charge in [0.05, 0.1) is 10.0 Å². The molecule has 1 aliphatic carbocycles. The Balaban J connectivity index is 1.59. The van der Waals surface area contributed by atoms with Crippen LogP contribution in [0.15, 0.2) is 18.2 Å². The molecule has 27 heavy (non-hydrogen) atoms. The number of halogens is 2. The van der Waals surface area contributed by atoms with E-state index in [4.69, 9.17) is 23.2 Å². The van der Waals surface area contributed by atoms with Crippen LogP contribution in [0, 0.1) is 10.8 Å². The quantitative estimate of drug-likeness (QED) is 0.680. The summed E-state index contributed by atoms with van der Waals surface area (Å²) in [4.78, 5) is 15.3. The number of nitrogens with zero attached hydrogens (tertiary/aromatic N) is 1. The first kappa shape index (κ1) is 21.0. The van der Waals surface area contributed by atoms with Crippen LogP contribution in [0.2, 0.25) is 10.0 Å². The van der Waals surface area contributed by atoms with Gasteiger partial charge in [-0.15, -0.1) is 0 Å². The maximum Gasteiger partial charge on any atom is 0.251 e. The number of likely N-dealkylation sites (tertiary alicyclic amines) is 1. The lowest BCUT2D eigenvalue weighted by Crippen LogP contribution is -2.50. The number of benzene rings is 1. The van der Waals surface area contributed by atoms with Gasteiger partial charge < -0.3 is 10.2 Å². The fraction of sp³-hybridized carbons (Fsp3) is 0.682. The van der Waals surface area contributed by atoms with Crippen molar-refractivity contribution in [3.8, 4) is 0 Å². The third-order valence-electron chi connectivity index (χ3n) is 6.42. The Bertz CT molecular complexity index is 675. The molecule has 1 heterocycles. The number of hydrogen-bond acceptors (Lipinski definition) is 2. The zero-order valence-corrected chi connectivity index (χ0v) is 18.3. The number of amides is 1. The van der Waals surface area contributed by atoms with Gasteiger partial charge in [0, 0.05) is 11.6 Å². The topological polar surface area (TPSA) is 32.3 Å². The maximum atomic E-state index is 12.7. The Kier molecular flexibility index (Phi) is 6.45. The van der Waals surface area contributed by atoms with Gasteiger partial charge in [-0.1, -0.05) is 50.4 Å². The summed E-state index contributed by atoms with van der Waals surface area (Å²) < 4.78 is 0. The Labute approximate surface area is 173 Å². The fourth-order valence-electron chi connectivity index (χ4n) is 4.56. The van der Waals surface area contributed by atoms with Crippen molar-refractivity contribution in [2.24, 2.45) is 10.8 Å². The minimum Gasteiger partial charge on any atom is -0.349 e. The average molecular weight is 411 g/mol. The molecular weight excluding hydrogens is 379 g/mol. The van der Waals surface area contributed by atoms with Crippen LogP contribution in [0.3, 0.4) is 0 Å². The van der Waals surface area contributed by atoms with Crippen LogP contribution in [0.4, 0.5) is 0 Å². The van der Waals surface area contributed by atoms with Gasteiger partial charge in [-0.25, -0.2) is 0 Å². The number of piperidine rings is 1. The molecule has 1 amide bonds. The molecule has 1 aliphatic heterocycles. The lowest BCUT2D eigenvalue weighted by molar-refractivity contribution is 0.0672. The summed E-state index contributed by atoms with van der Waals surface area (Å²) in [6, 6.07) is 5.37. The molecule has 1 saturated heterocycles. The molecule has 0 aromatic heterocycles. The number of carbonyl (C=O) groups excluding carboxylic acids is 1. The van der Waals surface area contributed by atoms with E-state index in [1.54, 1.807) is 18.2 Å². The predicted octanol–water partition coefficient (Wildman–Crippen LogP) is 5.79. The SMILES string of the molecule is CC(C)(C)CCN1CCC2(CCCC2NC(=O)c2ccc(Cl)c(Cl)c2)CC1. The van der Waals surface area contributed by atoms with Gasteiger partial charge in [0.15, 0.2) is 0 Å².